The van der Waals surface area contributed by atoms with Crippen LogP contribution in [-0.4, -0.2) is 15.8 Å². The SMILES string of the molecule is Cc1ccc(CN2C(=O)c3ccccc3NC2c2csc(C)n2)cc1. The number of aryl methyl sites for hydroxylation is 2. The van der Waals surface area contributed by atoms with Gasteiger partial charge in [-0.05, 0) is 31.5 Å². The highest BCUT2D eigenvalue weighted by Gasteiger charge is 2.33. The summed E-state index contributed by atoms with van der Waals surface area (Å²) in [5.41, 5.74) is 4.78. The number of hydrogen-bond donors (Lipinski definition) is 1. The molecular formula is C20H19N3OS. The highest BCUT2D eigenvalue weighted by molar-refractivity contribution is 7.09. The smallest absolute Gasteiger partial charge is 0.258 e. The minimum atomic E-state index is -0.256. The molecule has 1 aliphatic rings. The van der Waals surface area contributed by atoms with Crippen molar-refractivity contribution in [1.29, 1.82) is 0 Å². The van der Waals surface area contributed by atoms with E-state index in [4.69, 9.17) is 0 Å². The molecule has 1 amide bonds. The Morgan fingerprint density at radius 1 is 1.12 bits per heavy atom. The lowest BCUT2D eigenvalue weighted by molar-refractivity contribution is 0.0663. The van der Waals surface area contributed by atoms with Gasteiger partial charge in [0.05, 0.1) is 16.3 Å². The summed E-state index contributed by atoms with van der Waals surface area (Å²) in [5.74, 6) is 0.0329. The summed E-state index contributed by atoms with van der Waals surface area (Å²) < 4.78 is 0. The zero-order valence-corrected chi connectivity index (χ0v) is 15.0. The molecule has 3 aromatic rings. The predicted octanol–water partition coefficient (Wildman–Crippen LogP) is 4.53. The summed E-state index contributed by atoms with van der Waals surface area (Å²) in [6.07, 6.45) is -0.256. The number of aromatic nitrogens is 1. The molecule has 0 saturated heterocycles. The lowest BCUT2D eigenvalue weighted by Gasteiger charge is -2.37. The molecule has 25 heavy (non-hydrogen) atoms. The van der Waals surface area contributed by atoms with E-state index >= 15 is 0 Å². The number of thiazole rings is 1. The van der Waals surface area contributed by atoms with Crippen molar-refractivity contribution in [3.8, 4) is 0 Å². The van der Waals surface area contributed by atoms with Crippen molar-refractivity contribution >= 4 is 22.9 Å². The Balaban J connectivity index is 1.74. The summed E-state index contributed by atoms with van der Waals surface area (Å²) in [7, 11) is 0. The molecule has 1 aliphatic heterocycles. The molecule has 1 unspecified atom stereocenters. The van der Waals surface area contributed by atoms with Gasteiger partial charge in [-0.1, -0.05) is 42.0 Å². The van der Waals surface area contributed by atoms with Gasteiger partial charge in [0.15, 0.2) is 0 Å². The van der Waals surface area contributed by atoms with Crippen LogP contribution in [0.2, 0.25) is 0 Å². The van der Waals surface area contributed by atoms with E-state index in [1.165, 1.54) is 5.56 Å². The number of fused-ring (bicyclic) bond motifs is 1. The van der Waals surface area contributed by atoms with E-state index in [9.17, 15) is 4.79 Å². The van der Waals surface area contributed by atoms with Gasteiger partial charge in [-0.25, -0.2) is 4.98 Å². The summed E-state index contributed by atoms with van der Waals surface area (Å²) in [6.45, 7) is 4.59. The number of carbonyl (C=O) groups is 1. The Hall–Kier alpha value is -2.66. The molecule has 0 saturated carbocycles. The van der Waals surface area contributed by atoms with E-state index in [0.717, 1.165) is 22.0 Å². The molecule has 5 heteroatoms. The summed E-state index contributed by atoms with van der Waals surface area (Å²) in [4.78, 5) is 19.6. The van der Waals surface area contributed by atoms with Gasteiger partial charge in [0.25, 0.3) is 5.91 Å². The number of carbonyl (C=O) groups excluding carboxylic acids is 1. The van der Waals surface area contributed by atoms with Crippen molar-refractivity contribution in [3.63, 3.8) is 0 Å². The van der Waals surface area contributed by atoms with Crippen molar-refractivity contribution in [2.24, 2.45) is 0 Å². The van der Waals surface area contributed by atoms with Crippen LogP contribution in [0, 0.1) is 13.8 Å². The molecule has 0 aliphatic carbocycles. The number of nitrogens with one attached hydrogen (secondary N) is 1. The number of rotatable bonds is 3. The van der Waals surface area contributed by atoms with Gasteiger partial charge >= 0.3 is 0 Å². The molecule has 1 N–H and O–H groups in total. The third-order valence-corrected chi connectivity index (χ3v) is 5.20. The van der Waals surface area contributed by atoms with Crippen LogP contribution in [0.3, 0.4) is 0 Å². The normalized spacial score (nSPS) is 16.5. The molecule has 4 rings (SSSR count). The molecule has 0 fully saturated rings. The Morgan fingerprint density at radius 3 is 2.60 bits per heavy atom. The molecule has 2 heterocycles. The first-order valence-corrected chi connectivity index (χ1v) is 9.14. The van der Waals surface area contributed by atoms with Crippen molar-refractivity contribution < 1.29 is 4.79 Å². The van der Waals surface area contributed by atoms with Gasteiger partial charge in [-0.2, -0.15) is 0 Å². The molecule has 0 bridgehead atoms. The maximum Gasteiger partial charge on any atom is 0.258 e. The monoisotopic (exact) mass is 349 g/mol. The number of hydrogen-bond acceptors (Lipinski definition) is 4. The van der Waals surface area contributed by atoms with Crippen LogP contribution in [0.1, 0.15) is 38.4 Å². The highest BCUT2D eigenvalue weighted by Crippen LogP contribution is 2.34. The molecular weight excluding hydrogens is 330 g/mol. The van der Waals surface area contributed by atoms with Gasteiger partial charge in [-0.15, -0.1) is 11.3 Å². The van der Waals surface area contributed by atoms with Crippen LogP contribution in [0.4, 0.5) is 5.69 Å². The zero-order valence-electron chi connectivity index (χ0n) is 14.2. The van der Waals surface area contributed by atoms with E-state index in [1.54, 1.807) is 11.3 Å². The van der Waals surface area contributed by atoms with E-state index in [2.05, 4.69) is 41.5 Å². The third kappa shape index (κ3) is 3.03. The molecule has 1 atom stereocenters. The van der Waals surface area contributed by atoms with Crippen LogP contribution in [-0.2, 0) is 6.54 Å². The molecule has 0 spiro atoms. The Bertz CT molecular complexity index is 917. The number of amides is 1. The lowest BCUT2D eigenvalue weighted by atomic mass is 10.0. The fraction of sp³-hybridized carbons (Fsp3) is 0.200. The minimum absolute atomic E-state index is 0.0329. The average molecular weight is 349 g/mol. The Labute approximate surface area is 151 Å². The van der Waals surface area contributed by atoms with Crippen LogP contribution < -0.4 is 5.32 Å². The molecule has 1 aromatic heterocycles. The van der Waals surface area contributed by atoms with Crippen molar-refractivity contribution in [2.75, 3.05) is 5.32 Å². The number of nitrogens with zero attached hydrogens (tertiary/aromatic N) is 2. The first-order valence-electron chi connectivity index (χ1n) is 8.26. The van der Waals surface area contributed by atoms with E-state index < -0.39 is 0 Å². The van der Waals surface area contributed by atoms with Crippen LogP contribution >= 0.6 is 11.3 Å². The summed E-state index contributed by atoms with van der Waals surface area (Å²) in [6, 6.07) is 16.0. The molecule has 2 aromatic carbocycles. The molecule has 0 radical (unpaired) electrons. The Morgan fingerprint density at radius 2 is 1.88 bits per heavy atom. The minimum Gasteiger partial charge on any atom is -0.359 e. The van der Waals surface area contributed by atoms with Crippen LogP contribution in [0.5, 0.6) is 0 Å². The molecule has 126 valence electrons. The lowest BCUT2D eigenvalue weighted by Crippen LogP contribution is -2.42. The zero-order chi connectivity index (χ0) is 17.4. The second kappa shape index (κ2) is 6.33. The van der Waals surface area contributed by atoms with Crippen LogP contribution in [0.15, 0.2) is 53.9 Å². The second-order valence-electron chi connectivity index (χ2n) is 6.30. The van der Waals surface area contributed by atoms with Gasteiger partial charge < -0.3 is 10.2 Å². The summed E-state index contributed by atoms with van der Waals surface area (Å²) in [5, 5.41) is 6.51. The maximum absolute atomic E-state index is 13.1. The average Bonchev–Trinajstić information content (AvgIpc) is 3.05. The fourth-order valence-corrected chi connectivity index (χ4v) is 3.72. The first-order chi connectivity index (χ1) is 12.1. The number of para-hydroxylation sites is 1. The third-order valence-electron chi connectivity index (χ3n) is 4.41. The predicted molar refractivity (Wildman–Crippen MR) is 101 cm³/mol. The topological polar surface area (TPSA) is 45.2 Å². The van der Waals surface area contributed by atoms with E-state index in [1.807, 2.05) is 41.5 Å². The second-order valence-corrected chi connectivity index (χ2v) is 7.36. The standard InChI is InChI=1S/C20H19N3OS/c1-13-7-9-15(10-8-13)11-23-19(18-12-25-14(2)21-18)22-17-6-4-3-5-16(17)20(23)24/h3-10,12,19,22H,11H2,1-2H3. The van der Waals surface area contributed by atoms with Gasteiger partial charge in [-0.3, -0.25) is 4.79 Å². The maximum atomic E-state index is 13.1. The Kier molecular flexibility index (Phi) is 4.01. The largest absolute Gasteiger partial charge is 0.359 e. The van der Waals surface area contributed by atoms with Crippen molar-refractivity contribution in [1.82, 2.24) is 9.88 Å². The van der Waals surface area contributed by atoms with Gasteiger partial charge in [0.2, 0.25) is 0 Å². The van der Waals surface area contributed by atoms with Crippen molar-refractivity contribution in [3.05, 3.63) is 81.3 Å². The number of benzene rings is 2. The van der Waals surface area contributed by atoms with Gasteiger partial charge in [0, 0.05) is 17.6 Å². The quantitative estimate of drug-likeness (QED) is 0.756. The van der Waals surface area contributed by atoms with E-state index in [-0.39, 0.29) is 12.1 Å². The summed E-state index contributed by atoms with van der Waals surface area (Å²) >= 11 is 1.60. The highest BCUT2D eigenvalue weighted by atomic mass is 32.1. The van der Waals surface area contributed by atoms with Gasteiger partial charge in [0.1, 0.15) is 6.17 Å². The number of anilines is 1. The molecule has 4 nitrogen and oxygen atoms in total. The van der Waals surface area contributed by atoms with E-state index in [0.29, 0.717) is 12.1 Å². The van der Waals surface area contributed by atoms with Crippen LogP contribution in [0.25, 0.3) is 0 Å². The van der Waals surface area contributed by atoms with Crippen molar-refractivity contribution in [2.45, 2.75) is 26.6 Å². The first kappa shape index (κ1) is 15.8. The fourth-order valence-electron chi connectivity index (χ4n) is 3.09.